The number of carbonyl (C=O) groups excluding carboxylic acids is 1. The Hall–Kier alpha value is -3.06. The van der Waals surface area contributed by atoms with Gasteiger partial charge in [-0.2, -0.15) is 0 Å². The predicted octanol–water partition coefficient (Wildman–Crippen LogP) is 3.22. The molecular formula is C23H27N4O3. The van der Waals surface area contributed by atoms with Gasteiger partial charge in [-0.25, -0.2) is 9.36 Å². The number of aromatic amines is 1. The molecule has 1 saturated heterocycles. The van der Waals surface area contributed by atoms with E-state index in [1.807, 2.05) is 24.3 Å². The maximum Gasteiger partial charge on any atom is 0.325 e. The number of likely N-dealkylation sites (tertiary alicyclic amines) is 1. The number of nitrogens with zero attached hydrogens (tertiary/aromatic N) is 2. The van der Waals surface area contributed by atoms with Crippen LogP contribution < -0.4 is 16.0 Å². The van der Waals surface area contributed by atoms with Crippen LogP contribution in [0.25, 0.3) is 22.2 Å². The van der Waals surface area contributed by atoms with E-state index >= 15 is 0 Å². The highest BCUT2D eigenvalue weighted by Crippen LogP contribution is 2.27. The quantitative estimate of drug-likeness (QED) is 0.656. The molecule has 0 spiro atoms. The third-order valence-electron chi connectivity index (χ3n) is 5.48. The standard InChI is InChI=1S/C23H27N4O3/c1-23(2,14-26-9-3-4-10-26)15-30-17-7-8-19-16(12-17)13-20(25-19)18-6-5-11-27(21(18)28)22(24)29/h6-8,11-13,25H,3-4,9-10,14-15H2,1-2H3,(H2,24,29). The number of aromatic nitrogens is 2. The first kappa shape index (κ1) is 20.2. The molecular weight excluding hydrogens is 380 g/mol. The third-order valence-corrected chi connectivity index (χ3v) is 5.48. The normalized spacial score (nSPS) is 15.0. The zero-order valence-corrected chi connectivity index (χ0v) is 17.4. The number of nitrogens with two attached hydrogens (primary N) is 1. The van der Waals surface area contributed by atoms with Crippen LogP contribution >= 0.6 is 0 Å². The minimum atomic E-state index is -0.832. The van der Waals surface area contributed by atoms with Crippen LogP contribution in [0.3, 0.4) is 0 Å². The highest BCUT2D eigenvalue weighted by Gasteiger charge is 2.24. The van der Waals surface area contributed by atoms with Gasteiger partial charge in [0.15, 0.2) is 0 Å². The summed E-state index contributed by atoms with van der Waals surface area (Å²) in [6.07, 6.45) is 3.81. The van der Waals surface area contributed by atoms with Gasteiger partial charge in [-0.15, -0.1) is 0 Å². The topological polar surface area (TPSA) is 93.3 Å². The number of nitrogens with one attached hydrogen (secondary N) is 1. The molecule has 157 valence electrons. The van der Waals surface area contributed by atoms with Crippen LogP contribution in [0.2, 0.25) is 0 Å². The summed E-state index contributed by atoms with van der Waals surface area (Å²) in [6.45, 7) is 8.47. The number of benzene rings is 1. The van der Waals surface area contributed by atoms with Crippen molar-refractivity contribution < 1.29 is 9.53 Å². The minimum Gasteiger partial charge on any atom is -0.493 e. The van der Waals surface area contributed by atoms with Crippen molar-refractivity contribution >= 4 is 16.9 Å². The van der Waals surface area contributed by atoms with E-state index in [0.717, 1.165) is 27.8 Å². The number of amides is 1. The fourth-order valence-electron chi connectivity index (χ4n) is 4.02. The van der Waals surface area contributed by atoms with Gasteiger partial charge in [0.05, 0.1) is 17.9 Å². The lowest BCUT2D eigenvalue weighted by Gasteiger charge is -2.29. The van der Waals surface area contributed by atoms with E-state index in [-0.39, 0.29) is 5.41 Å². The van der Waals surface area contributed by atoms with Gasteiger partial charge in [0.1, 0.15) is 5.75 Å². The lowest BCUT2D eigenvalue weighted by atomic mass is 9.94. The van der Waals surface area contributed by atoms with Gasteiger partial charge >= 0.3 is 6.03 Å². The SMILES string of the molecule is CC(C)(COc1ccc2[nH]c(-c3c[c]cn(C(N)=O)c3=O)cc2c1)CN1CCCC1. The Kier molecular flexibility index (Phi) is 5.39. The van der Waals surface area contributed by atoms with Gasteiger partial charge in [0.2, 0.25) is 0 Å². The molecule has 7 nitrogen and oxygen atoms in total. The van der Waals surface area contributed by atoms with E-state index in [9.17, 15) is 9.59 Å². The van der Waals surface area contributed by atoms with Crippen molar-refractivity contribution in [2.24, 2.45) is 11.1 Å². The lowest BCUT2D eigenvalue weighted by Crippen LogP contribution is -2.36. The molecule has 1 radical (unpaired) electrons. The Bertz CT molecular complexity index is 1120. The maximum atomic E-state index is 12.5. The number of fused-ring (bicyclic) bond motifs is 1. The van der Waals surface area contributed by atoms with Crippen molar-refractivity contribution in [3.63, 3.8) is 0 Å². The predicted molar refractivity (Wildman–Crippen MR) is 117 cm³/mol. The molecule has 30 heavy (non-hydrogen) atoms. The molecule has 3 aromatic rings. The fraction of sp³-hybridized carbons (Fsp3) is 0.391. The van der Waals surface area contributed by atoms with Gasteiger partial charge in [-0.3, -0.25) is 4.79 Å². The number of pyridine rings is 1. The van der Waals surface area contributed by atoms with Gasteiger partial charge in [0, 0.05) is 35.1 Å². The Balaban J connectivity index is 1.52. The number of ether oxygens (including phenoxy) is 1. The summed E-state index contributed by atoms with van der Waals surface area (Å²) in [7, 11) is 0. The molecule has 4 rings (SSSR count). The highest BCUT2D eigenvalue weighted by atomic mass is 16.5. The van der Waals surface area contributed by atoms with Gasteiger partial charge < -0.3 is 20.4 Å². The summed E-state index contributed by atoms with van der Waals surface area (Å²) in [6, 6.07) is 11.2. The molecule has 1 aliphatic rings. The smallest absolute Gasteiger partial charge is 0.325 e. The first-order valence-electron chi connectivity index (χ1n) is 10.2. The Morgan fingerprint density at radius 1 is 1.27 bits per heavy atom. The van der Waals surface area contributed by atoms with E-state index in [1.54, 1.807) is 6.07 Å². The van der Waals surface area contributed by atoms with Crippen LogP contribution in [0.1, 0.15) is 26.7 Å². The Morgan fingerprint density at radius 2 is 2.03 bits per heavy atom. The second kappa shape index (κ2) is 7.99. The lowest BCUT2D eigenvalue weighted by molar-refractivity contribution is 0.129. The van der Waals surface area contributed by atoms with Crippen molar-refractivity contribution in [3.05, 3.63) is 52.9 Å². The molecule has 3 N–H and O–H groups in total. The van der Waals surface area contributed by atoms with Crippen LogP contribution in [0.5, 0.6) is 5.75 Å². The number of H-pyrrole nitrogens is 1. The van der Waals surface area contributed by atoms with Crippen molar-refractivity contribution in [2.75, 3.05) is 26.2 Å². The molecule has 0 atom stereocenters. The molecule has 1 amide bonds. The number of carbonyl (C=O) groups is 1. The Labute approximate surface area is 175 Å². The molecule has 0 bridgehead atoms. The van der Waals surface area contributed by atoms with E-state index < -0.39 is 11.6 Å². The average molecular weight is 407 g/mol. The summed E-state index contributed by atoms with van der Waals surface area (Å²) in [4.78, 5) is 29.6. The zero-order valence-electron chi connectivity index (χ0n) is 17.4. The van der Waals surface area contributed by atoms with E-state index in [0.29, 0.717) is 17.9 Å². The van der Waals surface area contributed by atoms with E-state index in [1.165, 1.54) is 32.1 Å². The van der Waals surface area contributed by atoms with Crippen LogP contribution in [0.15, 0.2) is 41.3 Å². The molecule has 0 saturated carbocycles. The summed E-state index contributed by atoms with van der Waals surface area (Å²) >= 11 is 0. The number of rotatable bonds is 6. The van der Waals surface area contributed by atoms with Crippen LogP contribution in [-0.4, -0.2) is 46.7 Å². The summed E-state index contributed by atoms with van der Waals surface area (Å²) in [5.41, 5.74) is 6.65. The molecule has 1 fully saturated rings. The first-order chi connectivity index (χ1) is 14.3. The van der Waals surface area contributed by atoms with Gasteiger partial charge in [-0.05, 0) is 56.3 Å². The largest absolute Gasteiger partial charge is 0.493 e. The first-order valence-corrected chi connectivity index (χ1v) is 10.2. The van der Waals surface area contributed by atoms with Crippen molar-refractivity contribution in [1.29, 1.82) is 0 Å². The molecule has 0 unspecified atom stereocenters. The second-order valence-corrected chi connectivity index (χ2v) is 8.74. The van der Waals surface area contributed by atoms with Crippen molar-refractivity contribution in [3.8, 4) is 17.0 Å². The third kappa shape index (κ3) is 4.26. The Morgan fingerprint density at radius 3 is 2.77 bits per heavy atom. The summed E-state index contributed by atoms with van der Waals surface area (Å²) in [5.74, 6) is 0.789. The summed E-state index contributed by atoms with van der Waals surface area (Å²) in [5, 5.41) is 0.925. The molecule has 0 aliphatic carbocycles. The fourth-order valence-corrected chi connectivity index (χ4v) is 4.02. The van der Waals surface area contributed by atoms with E-state index in [4.69, 9.17) is 10.5 Å². The van der Waals surface area contributed by atoms with E-state index in [2.05, 4.69) is 29.8 Å². The summed E-state index contributed by atoms with van der Waals surface area (Å²) < 4.78 is 6.95. The number of hydrogen-bond acceptors (Lipinski definition) is 4. The molecule has 2 aromatic heterocycles. The molecule has 7 heteroatoms. The van der Waals surface area contributed by atoms with Gasteiger partial charge in [-0.1, -0.05) is 13.8 Å². The highest BCUT2D eigenvalue weighted by molar-refractivity contribution is 5.87. The maximum absolute atomic E-state index is 12.5. The zero-order chi connectivity index (χ0) is 21.3. The average Bonchev–Trinajstić information content (AvgIpc) is 3.35. The molecule has 1 aromatic carbocycles. The van der Waals surface area contributed by atoms with Crippen molar-refractivity contribution in [1.82, 2.24) is 14.5 Å². The second-order valence-electron chi connectivity index (χ2n) is 8.74. The monoisotopic (exact) mass is 407 g/mol. The van der Waals surface area contributed by atoms with Crippen molar-refractivity contribution in [2.45, 2.75) is 26.7 Å². The molecule has 3 heterocycles. The minimum absolute atomic E-state index is 0.0579. The van der Waals surface area contributed by atoms with Crippen LogP contribution in [-0.2, 0) is 0 Å². The number of hydrogen-bond donors (Lipinski definition) is 2. The van der Waals surface area contributed by atoms with Gasteiger partial charge in [0.25, 0.3) is 5.56 Å². The number of primary amides is 1. The van der Waals surface area contributed by atoms with Crippen LogP contribution in [0, 0.1) is 11.5 Å². The van der Waals surface area contributed by atoms with Crippen LogP contribution in [0.4, 0.5) is 4.79 Å². The molecule has 1 aliphatic heterocycles.